The molecule has 168 valence electrons. The molecule has 33 heavy (non-hydrogen) atoms. The number of hydrogen-bond donors (Lipinski definition) is 2. The molecule has 0 aliphatic heterocycles. The second kappa shape index (κ2) is 8.79. The molecule has 0 unspecified atom stereocenters. The van der Waals surface area contributed by atoms with Crippen LogP contribution < -0.4 is 10.6 Å². The van der Waals surface area contributed by atoms with Gasteiger partial charge in [0.2, 0.25) is 5.89 Å². The number of amides is 1. The predicted molar refractivity (Wildman–Crippen MR) is 138 cm³/mol. The van der Waals surface area contributed by atoms with Gasteiger partial charge in [-0.1, -0.05) is 45.0 Å². The Balaban J connectivity index is 1.49. The van der Waals surface area contributed by atoms with Crippen molar-refractivity contribution in [1.82, 2.24) is 10.3 Å². The fourth-order valence-electron chi connectivity index (χ4n) is 3.50. The van der Waals surface area contributed by atoms with E-state index >= 15 is 0 Å². The number of oxazole rings is 1. The van der Waals surface area contributed by atoms with Crippen LogP contribution in [0.3, 0.4) is 0 Å². The standard InChI is InChI=1S/C27H27N3O2S/c1-16-6-13-21-23(14-16)32-25(28-21)19-8-7-17(2)22(15-19)29-26(33)30-24(31)18-9-11-20(12-10-18)27(3,4)5/h6-15H,1-5H3,(H2,29,30,31,33). The summed E-state index contributed by atoms with van der Waals surface area (Å²) in [7, 11) is 0. The minimum absolute atomic E-state index is 0.0297. The Morgan fingerprint density at radius 1 is 0.970 bits per heavy atom. The Bertz CT molecular complexity index is 1350. The number of carbonyl (C=O) groups excluding carboxylic acids is 1. The summed E-state index contributed by atoms with van der Waals surface area (Å²) in [5, 5.41) is 6.12. The average Bonchev–Trinajstić information content (AvgIpc) is 3.18. The first kappa shape index (κ1) is 22.7. The monoisotopic (exact) mass is 457 g/mol. The lowest BCUT2D eigenvalue weighted by Gasteiger charge is -2.19. The smallest absolute Gasteiger partial charge is 0.257 e. The third-order valence-electron chi connectivity index (χ3n) is 5.52. The fraction of sp³-hybridized carbons (Fsp3) is 0.222. The normalized spacial score (nSPS) is 11.4. The molecule has 0 bridgehead atoms. The van der Waals surface area contributed by atoms with E-state index in [-0.39, 0.29) is 16.4 Å². The Morgan fingerprint density at radius 3 is 2.39 bits per heavy atom. The highest BCUT2D eigenvalue weighted by Crippen LogP contribution is 2.28. The molecule has 4 aromatic rings. The minimum Gasteiger partial charge on any atom is -0.436 e. The van der Waals surface area contributed by atoms with E-state index in [1.54, 1.807) is 0 Å². The van der Waals surface area contributed by atoms with Crippen LogP contribution >= 0.6 is 12.2 Å². The summed E-state index contributed by atoms with van der Waals surface area (Å²) in [5.74, 6) is 0.281. The van der Waals surface area contributed by atoms with Crippen molar-refractivity contribution in [2.75, 3.05) is 5.32 Å². The van der Waals surface area contributed by atoms with Crippen LogP contribution in [0.1, 0.15) is 47.8 Å². The third-order valence-corrected chi connectivity index (χ3v) is 5.72. The van der Waals surface area contributed by atoms with Crippen LogP contribution in [0.25, 0.3) is 22.6 Å². The summed E-state index contributed by atoms with van der Waals surface area (Å²) < 4.78 is 5.95. The fourth-order valence-corrected chi connectivity index (χ4v) is 3.70. The molecule has 2 N–H and O–H groups in total. The lowest BCUT2D eigenvalue weighted by Crippen LogP contribution is -2.34. The summed E-state index contributed by atoms with van der Waals surface area (Å²) >= 11 is 5.40. The first-order chi connectivity index (χ1) is 15.6. The van der Waals surface area contributed by atoms with Gasteiger partial charge in [-0.15, -0.1) is 0 Å². The van der Waals surface area contributed by atoms with Crippen LogP contribution in [0.2, 0.25) is 0 Å². The van der Waals surface area contributed by atoms with Gasteiger partial charge >= 0.3 is 0 Å². The van der Waals surface area contributed by atoms with Gasteiger partial charge in [-0.3, -0.25) is 10.1 Å². The zero-order valence-electron chi connectivity index (χ0n) is 19.4. The van der Waals surface area contributed by atoms with E-state index < -0.39 is 0 Å². The number of aromatic nitrogens is 1. The number of nitrogens with one attached hydrogen (secondary N) is 2. The molecule has 0 spiro atoms. The maximum Gasteiger partial charge on any atom is 0.257 e. The van der Waals surface area contributed by atoms with Crippen LogP contribution in [0, 0.1) is 13.8 Å². The van der Waals surface area contributed by atoms with Crippen LogP contribution in [-0.2, 0) is 5.41 Å². The maximum absolute atomic E-state index is 12.6. The maximum atomic E-state index is 12.6. The molecule has 0 radical (unpaired) electrons. The molecule has 0 saturated carbocycles. The molecule has 0 saturated heterocycles. The summed E-state index contributed by atoms with van der Waals surface area (Å²) in [5.41, 5.74) is 7.01. The van der Waals surface area contributed by atoms with Crippen LogP contribution in [0.15, 0.2) is 65.1 Å². The number of fused-ring (bicyclic) bond motifs is 1. The van der Waals surface area contributed by atoms with Crippen molar-refractivity contribution >= 4 is 40.0 Å². The van der Waals surface area contributed by atoms with E-state index in [0.29, 0.717) is 11.5 Å². The first-order valence-corrected chi connectivity index (χ1v) is 11.2. The number of nitrogens with zero attached hydrogens (tertiary/aromatic N) is 1. The van der Waals surface area contributed by atoms with E-state index in [1.807, 2.05) is 74.5 Å². The molecule has 0 fully saturated rings. The second-order valence-electron chi connectivity index (χ2n) is 9.26. The summed E-state index contributed by atoms with van der Waals surface area (Å²) in [6.45, 7) is 10.4. The number of rotatable bonds is 3. The van der Waals surface area contributed by atoms with Gasteiger partial charge in [-0.05, 0) is 84.6 Å². The van der Waals surface area contributed by atoms with Gasteiger partial charge in [0.25, 0.3) is 5.91 Å². The Hall–Kier alpha value is -3.51. The lowest BCUT2D eigenvalue weighted by molar-refractivity contribution is 0.0977. The molecule has 0 aliphatic carbocycles. The van der Waals surface area contributed by atoms with Crippen molar-refractivity contribution in [2.45, 2.75) is 40.0 Å². The van der Waals surface area contributed by atoms with Gasteiger partial charge in [0.15, 0.2) is 10.7 Å². The highest BCUT2D eigenvalue weighted by atomic mass is 32.1. The molecule has 1 heterocycles. The Kier molecular flexibility index (Phi) is 6.04. The number of carbonyl (C=O) groups is 1. The highest BCUT2D eigenvalue weighted by molar-refractivity contribution is 7.80. The molecular formula is C27H27N3O2S. The number of hydrogen-bond acceptors (Lipinski definition) is 4. The SMILES string of the molecule is Cc1ccc2nc(-c3ccc(C)c(NC(=S)NC(=O)c4ccc(C(C)(C)C)cc4)c3)oc2c1. The van der Waals surface area contributed by atoms with Crippen molar-refractivity contribution in [3.05, 3.63) is 82.9 Å². The predicted octanol–water partition coefficient (Wildman–Crippen LogP) is 6.54. The molecule has 0 atom stereocenters. The molecule has 1 amide bonds. The van der Waals surface area contributed by atoms with Gasteiger partial charge in [0.05, 0.1) is 0 Å². The largest absolute Gasteiger partial charge is 0.436 e. The van der Waals surface area contributed by atoms with Crippen LogP contribution in [0.5, 0.6) is 0 Å². The Labute approximate surface area is 199 Å². The molecule has 5 nitrogen and oxygen atoms in total. The summed E-state index contributed by atoms with van der Waals surface area (Å²) in [6, 6.07) is 19.4. The van der Waals surface area contributed by atoms with Crippen LogP contribution in [0.4, 0.5) is 5.69 Å². The third kappa shape index (κ3) is 5.12. The molecule has 3 aromatic carbocycles. The topological polar surface area (TPSA) is 67.2 Å². The molecular weight excluding hydrogens is 430 g/mol. The van der Waals surface area contributed by atoms with Gasteiger partial charge in [-0.2, -0.15) is 0 Å². The van der Waals surface area contributed by atoms with Crippen molar-refractivity contribution < 1.29 is 9.21 Å². The van der Waals surface area contributed by atoms with Gasteiger partial charge in [-0.25, -0.2) is 4.98 Å². The van der Waals surface area contributed by atoms with E-state index in [4.69, 9.17) is 16.6 Å². The Morgan fingerprint density at radius 2 is 1.70 bits per heavy atom. The van der Waals surface area contributed by atoms with E-state index in [1.165, 1.54) is 5.56 Å². The minimum atomic E-state index is -0.254. The number of aryl methyl sites for hydroxylation is 2. The van der Waals surface area contributed by atoms with Crippen LogP contribution in [-0.4, -0.2) is 16.0 Å². The number of thiocarbonyl (C=S) groups is 1. The molecule has 6 heteroatoms. The molecule has 1 aromatic heterocycles. The van der Waals surface area contributed by atoms with E-state index in [0.717, 1.165) is 33.5 Å². The number of benzene rings is 3. The average molecular weight is 458 g/mol. The van der Waals surface area contributed by atoms with Gasteiger partial charge in [0, 0.05) is 16.8 Å². The van der Waals surface area contributed by atoms with Crippen molar-refractivity contribution in [2.24, 2.45) is 0 Å². The summed E-state index contributed by atoms with van der Waals surface area (Å²) in [6.07, 6.45) is 0. The molecule has 4 rings (SSSR count). The zero-order chi connectivity index (χ0) is 23.8. The lowest BCUT2D eigenvalue weighted by atomic mass is 9.87. The highest BCUT2D eigenvalue weighted by Gasteiger charge is 2.15. The summed E-state index contributed by atoms with van der Waals surface area (Å²) in [4.78, 5) is 17.2. The van der Waals surface area contributed by atoms with Crippen molar-refractivity contribution in [3.63, 3.8) is 0 Å². The van der Waals surface area contributed by atoms with Crippen molar-refractivity contribution in [3.8, 4) is 11.5 Å². The number of anilines is 1. The second-order valence-corrected chi connectivity index (χ2v) is 9.66. The van der Waals surface area contributed by atoms with E-state index in [9.17, 15) is 4.79 Å². The quantitative estimate of drug-likeness (QED) is 0.342. The van der Waals surface area contributed by atoms with E-state index in [2.05, 4.69) is 36.4 Å². The molecule has 0 aliphatic rings. The zero-order valence-corrected chi connectivity index (χ0v) is 20.3. The first-order valence-electron chi connectivity index (χ1n) is 10.8. The van der Waals surface area contributed by atoms with Gasteiger partial charge < -0.3 is 9.73 Å². The van der Waals surface area contributed by atoms with Crippen molar-refractivity contribution in [1.29, 1.82) is 0 Å². The van der Waals surface area contributed by atoms with Gasteiger partial charge in [0.1, 0.15) is 5.52 Å².